The van der Waals surface area contributed by atoms with Gasteiger partial charge in [0, 0.05) is 31.4 Å². The molecule has 0 aromatic rings. The molecule has 1 aliphatic heterocycles. The number of likely N-dealkylation sites (N-methyl/N-ethyl adjacent to an activating group) is 1. The van der Waals surface area contributed by atoms with Gasteiger partial charge in [0.15, 0.2) is 0 Å². The molecule has 1 heterocycles. The minimum absolute atomic E-state index is 0.450. The van der Waals surface area contributed by atoms with Gasteiger partial charge in [-0.25, -0.2) is 8.51 Å². The van der Waals surface area contributed by atoms with Crippen LogP contribution in [-0.2, 0) is 11.0 Å². The summed E-state index contributed by atoms with van der Waals surface area (Å²) in [6.45, 7) is 2.02. The predicted octanol–water partition coefficient (Wildman–Crippen LogP) is 0.496. The fourth-order valence-corrected chi connectivity index (χ4v) is 3.65. The molecule has 1 atom stereocenters. The molecule has 2 rings (SSSR count). The summed E-state index contributed by atoms with van der Waals surface area (Å²) in [5.41, 5.74) is 0. The van der Waals surface area contributed by atoms with Gasteiger partial charge in [-0.2, -0.15) is 0 Å². The Morgan fingerprint density at radius 3 is 2.38 bits per heavy atom. The van der Waals surface area contributed by atoms with E-state index in [1.807, 2.05) is 7.05 Å². The number of nitrogens with one attached hydrogen (secondary N) is 1. The van der Waals surface area contributed by atoms with Crippen LogP contribution in [0.5, 0.6) is 0 Å². The molecule has 0 aromatic heterocycles. The van der Waals surface area contributed by atoms with E-state index in [9.17, 15) is 4.21 Å². The highest BCUT2D eigenvalue weighted by atomic mass is 32.2. The molecule has 1 saturated heterocycles. The highest BCUT2D eigenvalue weighted by Crippen LogP contribution is 2.25. The summed E-state index contributed by atoms with van der Waals surface area (Å²) in [6.07, 6.45) is 4.87. The number of rotatable bonds is 3. The maximum atomic E-state index is 12.0. The minimum Gasteiger partial charge on any atom is -0.313 e. The number of hydrogen-bond donors (Lipinski definition) is 1. The first-order chi connectivity index (χ1) is 6.29. The molecule has 2 aliphatic rings. The monoisotopic (exact) mass is 202 g/mol. The van der Waals surface area contributed by atoms with Crippen molar-refractivity contribution >= 4 is 11.0 Å². The lowest BCUT2D eigenvalue weighted by Gasteiger charge is -2.35. The average Bonchev–Trinajstić information content (AvgIpc) is 2.51. The third-order valence-electron chi connectivity index (χ3n) is 3.15. The molecule has 0 amide bonds. The second-order valence-electron chi connectivity index (χ2n) is 4.04. The summed E-state index contributed by atoms with van der Waals surface area (Å²) in [4.78, 5) is 0. The van der Waals surface area contributed by atoms with Crippen molar-refractivity contribution in [3.63, 3.8) is 0 Å². The first-order valence-electron chi connectivity index (χ1n) is 5.13. The molecule has 0 spiro atoms. The van der Waals surface area contributed by atoms with Crippen LogP contribution in [0, 0.1) is 0 Å². The number of hydrogen-bond acceptors (Lipinski definition) is 2. The highest BCUT2D eigenvalue weighted by Gasteiger charge is 2.30. The van der Waals surface area contributed by atoms with Crippen LogP contribution in [0.1, 0.15) is 25.7 Å². The molecular weight excluding hydrogens is 184 g/mol. The first-order valence-corrected chi connectivity index (χ1v) is 6.30. The largest absolute Gasteiger partial charge is 0.313 e. The van der Waals surface area contributed by atoms with E-state index in [0.29, 0.717) is 11.3 Å². The van der Waals surface area contributed by atoms with Crippen LogP contribution < -0.4 is 5.32 Å². The van der Waals surface area contributed by atoms with Gasteiger partial charge in [-0.1, -0.05) is 12.8 Å². The zero-order valence-electron chi connectivity index (χ0n) is 8.16. The number of nitrogens with zero attached hydrogens (tertiary/aromatic N) is 1. The molecule has 0 aromatic carbocycles. The van der Waals surface area contributed by atoms with Gasteiger partial charge in [0.05, 0.1) is 11.0 Å². The van der Waals surface area contributed by atoms with Gasteiger partial charge in [0.2, 0.25) is 0 Å². The Balaban J connectivity index is 1.87. The van der Waals surface area contributed by atoms with Crippen molar-refractivity contribution in [1.82, 2.24) is 9.62 Å². The Bertz CT molecular complexity index is 200. The predicted molar refractivity (Wildman–Crippen MR) is 54.8 cm³/mol. The van der Waals surface area contributed by atoms with Crippen molar-refractivity contribution in [2.75, 3.05) is 20.1 Å². The van der Waals surface area contributed by atoms with Gasteiger partial charge >= 0.3 is 0 Å². The zero-order valence-corrected chi connectivity index (χ0v) is 8.98. The van der Waals surface area contributed by atoms with Gasteiger partial charge in [-0.15, -0.1) is 0 Å². The SMILES string of the molecule is CN(C1CNC1)S(=O)C1CCCC1. The van der Waals surface area contributed by atoms with Gasteiger partial charge in [0.25, 0.3) is 0 Å². The standard InChI is InChI=1S/C9H18N2OS/c1-11(8-6-10-7-8)13(12)9-4-2-3-5-9/h8-10H,2-7H2,1H3. The molecule has 0 radical (unpaired) electrons. The highest BCUT2D eigenvalue weighted by molar-refractivity contribution is 7.83. The van der Waals surface area contributed by atoms with Crippen LogP contribution in [0.2, 0.25) is 0 Å². The van der Waals surface area contributed by atoms with E-state index in [1.165, 1.54) is 12.8 Å². The lowest BCUT2D eigenvalue weighted by molar-refractivity contribution is 0.283. The molecule has 1 unspecified atom stereocenters. The zero-order chi connectivity index (χ0) is 9.26. The van der Waals surface area contributed by atoms with Crippen molar-refractivity contribution in [3.8, 4) is 0 Å². The Kier molecular flexibility index (Phi) is 3.01. The van der Waals surface area contributed by atoms with Crippen LogP contribution in [0.4, 0.5) is 0 Å². The molecule has 1 N–H and O–H groups in total. The Morgan fingerprint density at radius 2 is 1.92 bits per heavy atom. The smallest absolute Gasteiger partial charge is 0.0975 e. The summed E-state index contributed by atoms with van der Waals surface area (Å²) in [6, 6.07) is 0.515. The quantitative estimate of drug-likeness (QED) is 0.722. The molecule has 1 saturated carbocycles. The molecule has 1 aliphatic carbocycles. The molecule has 13 heavy (non-hydrogen) atoms. The fourth-order valence-electron chi connectivity index (χ4n) is 2.00. The van der Waals surface area contributed by atoms with Crippen LogP contribution >= 0.6 is 0 Å². The summed E-state index contributed by atoms with van der Waals surface area (Å²) in [5.74, 6) is 0. The van der Waals surface area contributed by atoms with E-state index in [0.717, 1.165) is 25.9 Å². The normalized spacial score (nSPS) is 27.8. The second-order valence-corrected chi connectivity index (χ2v) is 5.84. The van der Waals surface area contributed by atoms with E-state index >= 15 is 0 Å². The van der Waals surface area contributed by atoms with Crippen LogP contribution in [0.3, 0.4) is 0 Å². The molecule has 76 valence electrons. The lowest BCUT2D eigenvalue weighted by atomic mass is 10.2. The van der Waals surface area contributed by atoms with E-state index in [1.54, 1.807) is 0 Å². The second kappa shape index (κ2) is 4.07. The third-order valence-corrected chi connectivity index (χ3v) is 5.05. The molecule has 0 bridgehead atoms. The van der Waals surface area contributed by atoms with Crippen LogP contribution in [0.15, 0.2) is 0 Å². The van der Waals surface area contributed by atoms with Crippen molar-refractivity contribution in [2.45, 2.75) is 37.0 Å². The minimum atomic E-state index is -0.725. The summed E-state index contributed by atoms with van der Waals surface area (Å²) in [5, 5.41) is 3.66. The average molecular weight is 202 g/mol. The van der Waals surface area contributed by atoms with E-state index in [2.05, 4.69) is 9.62 Å². The summed E-state index contributed by atoms with van der Waals surface area (Å²) in [7, 11) is 1.27. The summed E-state index contributed by atoms with van der Waals surface area (Å²) < 4.78 is 14.1. The maximum Gasteiger partial charge on any atom is 0.0975 e. The third kappa shape index (κ3) is 1.95. The van der Waals surface area contributed by atoms with Crippen molar-refractivity contribution in [2.24, 2.45) is 0 Å². The van der Waals surface area contributed by atoms with E-state index in [-0.39, 0.29) is 0 Å². The first kappa shape index (κ1) is 9.62. The van der Waals surface area contributed by atoms with Crippen LogP contribution in [0.25, 0.3) is 0 Å². The molecule has 3 nitrogen and oxygen atoms in total. The maximum absolute atomic E-state index is 12.0. The summed E-state index contributed by atoms with van der Waals surface area (Å²) >= 11 is 0. The molecular formula is C9H18N2OS. The van der Waals surface area contributed by atoms with Gasteiger partial charge in [-0.05, 0) is 12.8 Å². The Labute approximate surface area is 82.5 Å². The van der Waals surface area contributed by atoms with Crippen molar-refractivity contribution in [3.05, 3.63) is 0 Å². The topological polar surface area (TPSA) is 32.3 Å². The Hall–Kier alpha value is 0.0700. The fraction of sp³-hybridized carbons (Fsp3) is 1.00. The van der Waals surface area contributed by atoms with Crippen molar-refractivity contribution in [1.29, 1.82) is 0 Å². The molecule has 4 heteroatoms. The van der Waals surface area contributed by atoms with Gasteiger partial charge < -0.3 is 5.32 Å². The lowest BCUT2D eigenvalue weighted by Crippen LogP contribution is -2.57. The Morgan fingerprint density at radius 1 is 1.31 bits per heavy atom. The van der Waals surface area contributed by atoms with Gasteiger partial charge in [-0.3, -0.25) is 0 Å². The van der Waals surface area contributed by atoms with E-state index in [4.69, 9.17) is 0 Å². The van der Waals surface area contributed by atoms with Crippen LogP contribution in [-0.4, -0.2) is 39.9 Å². The van der Waals surface area contributed by atoms with E-state index < -0.39 is 11.0 Å². The molecule has 2 fully saturated rings. The van der Waals surface area contributed by atoms with Crippen molar-refractivity contribution < 1.29 is 4.21 Å². The van der Waals surface area contributed by atoms with Gasteiger partial charge in [0.1, 0.15) is 0 Å².